The third kappa shape index (κ3) is 3.10. The molecule has 3 rings (SSSR count). The number of methoxy groups -OCH3 is 3. The number of para-hydroxylation sites is 1. The van der Waals surface area contributed by atoms with E-state index in [-0.39, 0.29) is 18.7 Å². The highest BCUT2D eigenvalue weighted by Gasteiger charge is 2.35. The van der Waals surface area contributed by atoms with E-state index in [9.17, 15) is 14.7 Å². The van der Waals surface area contributed by atoms with Crippen molar-refractivity contribution in [1.29, 1.82) is 0 Å². The molecule has 0 fully saturated rings. The minimum absolute atomic E-state index is 0.0659. The fourth-order valence-electron chi connectivity index (χ4n) is 3.17. The Labute approximate surface area is 155 Å². The molecule has 2 aromatic rings. The zero-order valence-electron chi connectivity index (χ0n) is 15.1. The van der Waals surface area contributed by atoms with Crippen LogP contribution in [0.25, 0.3) is 0 Å². The van der Waals surface area contributed by atoms with Gasteiger partial charge in [-0.05, 0) is 12.1 Å². The van der Waals surface area contributed by atoms with Crippen LogP contribution in [-0.2, 0) is 17.9 Å². The molecule has 0 aliphatic carbocycles. The maximum Gasteiger partial charge on any atom is 0.339 e. The number of benzene rings is 2. The molecule has 0 saturated carbocycles. The first-order chi connectivity index (χ1) is 13.0. The number of aromatic carboxylic acids is 1. The number of anilines is 1. The van der Waals surface area contributed by atoms with Crippen molar-refractivity contribution >= 4 is 17.6 Å². The van der Waals surface area contributed by atoms with Crippen LogP contribution in [0.4, 0.5) is 5.69 Å². The summed E-state index contributed by atoms with van der Waals surface area (Å²) in [6.45, 7) is 0.196. The molecule has 0 atom stereocenters. The van der Waals surface area contributed by atoms with E-state index in [2.05, 4.69) is 5.32 Å². The van der Waals surface area contributed by atoms with E-state index in [0.717, 1.165) is 0 Å². The van der Waals surface area contributed by atoms with Crippen LogP contribution in [0.3, 0.4) is 0 Å². The summed E-state index contributed by atoms with van der Waals surface area (Å²) in [5.41, 5.74) is 1.96. The fourth-order valence-corrected chi connectivity index (χ4v) is 3.17. The number of hydrogen-bond donors (Lipinski definition) is 2. The monoisotopic (exact) mass is 373 g/mol. The molecule has 2 aromatic carbocycles. The molecule has 142 valence electrons. The van der Waals surface area contributed by atoms with Crippen molar-refractivity contribution in [2.45, 2.75) is 13.2 Å². The average Bonchev–Trinajstić information content (AvgIpc) is 3.06. The summed E-state index contributed by atoms with van der Waals surface area (Å²) in [5.74, 6) is -0.493. The first-order valence-corrected chi connectivity index (χ1v) is 8.10. The van der Waals surface area contributed by atoms with Gasteiger partial charge < -0.3 is 29.4 Å². The minimum Gasteiger partial charge on any atom is -0.492 e. The SMILES string of the molecule is COc1c(CNc2ccccc2C(=O)O)c2c(c(OC)c1OC)COC2=O. The van der Waals surface area contributed by atoms with Crippen molar-refractivity contribution in [3.8, 4) is 17.2 Å². The Balaban J connectivity index is 2.09. The first kappa shape index (κ1) is 18.4. The molecule has 27 heavy (non-hydrogen) atoms. The van der Waals surface area contributed by atoms with Crippen LogP contribution in [0.1, 0.15) is 31.8 Å². The van der Waals surface area contributed by atoms with Gasteiger partial charge in [0, 0.05) is 17.8 Å². The Morgan fingerprint density at radius 2 is 1.78 bits per heavy atom. The van der Waals surface area contributed by atoms with Gasteiger partial charge in [0.05, 0.1) is 38.0 Å². The topological polar surface area (TPSA) is 103 Å². The van der Waals surface area contributed by atoms with Gasteiger partial charge in [-0.25, -0.2) is 9.59 Å². The number of nitrogens with one attached hydrogen (secondary N) is 1. The number of rotatable bonds is 7. The Hall–Kier alpha value is -3.42. The smallest absolute Gasteiger partial charge is 0.339 e. The maximum atomic E-state index is 12.3. The molecular formula is C19H19NO7. The molecule has 2 N–H and O–H groups in total. The van der Waals surface area contributed by atoms with Gasteiger partial charge in [0.2, 0.25) is 5.75 Å². The quantitative estimate of drug-likeness (QED) is 0.714. The summed E-state index contributed by atoms with van der Waals surface area (Å²) in [4.78, 5) is 23.7. The zero-order valence-corrected chi connectivity index (χ0v) is 15.1. The Morgan fingerprint density at radius 3 is 2.41 bits per heavy atom. The van der Waals surface area contributed by atoms with E-state index in [0.29, 0.717) is 39.6 Å². The molecule has 0 saturated heterocycles. The van der Waals surface area contributed by atoms with E-state index < -0.39 is 11.9 Å². The van der Waals surface area contributed by atoms with Gasteiger partial charge in [0.15, 0.2) is 11.5 Å². The molecular weight excluding hydrogens is 354 g/mol. The van der Waals surface area contributed by atoms with Crippen LogP contribution < -0.4 is 19.5 Å². The number of ether oxygens (including phenoxy) is 4. The molecule has 0 aromatic heterocycles. The second kappa shape index (κ2) is 7.45. The van der Waals surface area contributed by atoms with Crippen molar-refractivity contribution in [2.75, 3.05) is 26.6 Å². The van der Waals surface area contributed by atoms with E-state index in [1.54, 1.807) is 18.2 Å². The minimum atomic E-state index is -1.05. The molecule has 8 heteroatoms. The number of esters is 1. The average molecular weight is 373 g/mol. The van der Waals surface area contributed by atoms with Gasteiger partial charge in [-0.2, -0.15) is 0 Å². The van der Waals surface area contributed by atoms with Crippen molar-refractivity contribution < 1.29 is 33.6 Å². The lowest BCUT2D eigenvalue weighted by molar-refractivity contribution is 0.0532. The van der Waals surface area contributed by atoms with Crippen LogP contribution in [0.2, 0.25) is 0 Å². The molecule has 0 bridgehead atoms. The predicted molar refractivity (Wildman–Crippen MR) is 95.9 cm³/mol. The largest absolute Gasteiger partial charge is 0.492 e. The number of carboxylic acid groups (broad SMARTS) is 1. The summed E-state index contributed by atoms with van der Waals surface area (Å²) < 4.78 is 21.5. The number of fused-ring (bicyclic) bond motifs is 1. The zero-order chi connectivity index (χ0) is 19.6. The van der Waals surface area contributed by atoms with Crippen molar-refractivity contribution in [1.82, 2.24) is 0 Å². The summed E-state index contributed by atoms with van der Waals surface area (Å²) in [5, 5.41) is 12.4. The first-order valence-electron chi connectivity index (χ1n) is 8.10. The third-order valence-corrected chi connectivity index (χ3v) is 4.34. The highest BCUT2D eigenvalue weighted by Crippen LogP contribution is 2.48. The molecule has 0 radical (unpaired) electrons. The number of cyclic esters (lactones) is 1. The molecule has 1 aliphatic rings. The Kier molecular flexibility index (Phi) is 5.07. The Morgan fingerprint density at radius 1 is 1.11 bits per heavy atom. The van der Waals surface area contributed by atoms with E-state index >= 15 is 0 Å². The number of carbonyl (C=O) groups excluding carboxylic acids is 1. The molecule has 8 nitrogen and oxygen atoms in total. The molecule has 0 amide bonds. The summed E-state index contributed by atoms with van der Waals surface area (Å²) >= 11 is 0. The normalized spacial score (nSPS) is 12.2. The van der Waals surface area contributed by atoms with Gasteiger partial charge in [-0.15, -0.1) is 0 Å². The van der Waals surface area contributed by atoms with Gasteiger partial charge in [-0.3, -0.25) is 0 Å². The third-order valence-electron chi connectivity index (χ3n) is 4.34. The lowest BCUT2D eigenvalue weighted by atomic mass is 9.99. The van der Waals surface area contributed by atoms with Crippen LogP contribution in [0.5, 0.6) is 17.2 Å². The van der Waals surface area contributed by atoms with Crippen LogP contribution in [0, 0.1) is 0 Å². The fraction of sp³-hybridized carbons (Fsp3) is 0.263. The van der Waals surface area contributed by atoms with Gasteiger partial charge in [-0.1, -0.05) is 12.1 Å². The maximum absolute atomic E-state index is 12.3. The van der Waals surface area contributed by atoms with E-state index in [4.69, 9.17) is 18.9 Å². The number of carbonyl (C=O) groups is 2. The lowest BCUT2D eigenvalue weighted by Gasteiger charge is -2.20. The van der Waals surface area contributed by atoms with Crippen LogP contribution >= 0.6 is 0 Å². The van der Waals surface area contributed by atoms with Gasteiger partial charge in [0.1, 0.15) is 6.61 Å². The van der Waals surface area contributed by atoms with Crippen molar-refractivity contribution in [3.63, 3.8) is 0 Å². The highest BCUT2D eigenvalue weighted by atomic mass is 16.5. The molecule has 1 heterocycles. The summed E-state index contributed by atoms with van der Waals surface area (Å²) in [7, 11) is 4.40. The number of carboxylic acids is 1. The number of hydrogen-bond acceptors (Lipinski definition) is 7. The molecule has 0 spiro atoms. The standard InChI is InChI=1S/C19H19NO7/c1-24-15-11(8-20-13-7-5-4-6-10(13)18(21)22)14-12(9-27-19(14)23)16(25-2)17(15)26-3/h4-7,20H,8-9H2,1-3H3,(H,21,22). The summed E-state index contributed by atoms with van der Waals surface area (Å²) in [6.07, 6.45) is 0. The molecule has 1 aliphatic heterocycles. The van der Waals surface area contributed by atoms with E-state index in [1.807, 2.05) is 0 Å². The van der Waals surface area contributed by atoms with Crippen molar-refractivity contribution in [3.05, 3.63) is 46.5 Å². The van der Waals surface area contributed by atoms with E-state index in [1.165, 1.54) is 27.4 Å². The van der Waals surface area contributed by atoms with Crippen LogP contribution in [0.15, 0.2) is 24.3 Å². The molecule has 0 unspecified atom stereocenters. The van der Waals surface area contributed by atoms with Gasteiger partial charge in [0.25, 0.3) is 0 Å². The van der Waals surface area contributed by atoms with Crippen LogP contribution in [-0.4, -0.2) is 38.4 Å². The second-order valence-electron chi connectivity index (χ2n) is 5.71. The lowest BCUT2D eigenvalue weighted by Crippen LogP contribution is -2.12. The Bertz CT molecular complexity index is 907. The van der Waals surface area contributed by atoms with Crippen molar-refractivity contribution in [2.24, 2.45) is 0 Å². The predicted octanol–water partition coefficient (Wildman–Crippen LogP) is 2.69. The highest BCUT2D eigenvalue weighted by molar-refractivity contribution is 5.98. The van der Waals surface area contributed by atoms with Gasteiger partial charge >= 0.3 is 11.9 Å². The summed E-state index contributed by atoms with van der Waals surface area (Å²) in [6, 6.07) is 6.50. The second-order valence-corrected chi connectivity index (χ2v) is 5.71.